The Kier molecular flexibility index (Phi) is 6.39. The van der Waals surface area contributed by atoms with Crippen LogP contribution < -0.4 is 15.5 Å². The molecule has 1 aliphatic heterocycles. The highest BCUT2D eigenvalue weighted by Gasteiger charge is 2.26. The van der Waals surface area contributed by atoms with Crippen LogP contribution in [0.5, 0.6) is 0 Å². The number of aryl methyl sites for hydroxylation is 1. The van der Waals surface area contributed by atoms with Gasteiger partial charge >= 0.3 is 0 Å². The number of hydrogen-bond acceptors (Lipinski definition) is 5. The van der Waals surface area contributed by atoms with Crippen molar-refractivity contribution < 1.29 is 9.59 Å². The number of rotatable bonds is 5. The van der Waals surface area contributed by atoms with Gasteiger partial charge in [0.05, 0.1) is 18.7 Å². The molecule has 1 aromatic heterocycles. The summed E-state index contributed by atoms with van der Waals surface area (Å²) in [5.74, 6) is 0.267. The Morgan fingerprint density at radius 3 is 2.93 bits per heavy atom. The van der Waals surface area contributed by atoms with E-state index in [4.69, 9.17) is 0 Å². The maximum atomic E-state index is 12.5. The number of nitrogens with one attached hydrogen (secondary N) is 2. The molecule has 1 saturated heterocycles. The average molecular weight is 432 g/mol. The van der Waals surface area contributed by atoms with Gasteiger partial charge in [0.2, 0.25) is 11.8 Å². The van der Waals surface area contributed by atoms with Crippen molar-refractivity contribution in [2.75, 3.05) is 29.9 Å². The summed E-state index contributed by atoms with van der Waals surface area (Å²) in [6, 6.07) is 5.63. The Balaban J connectivity index is 1.50. The molecule has 2 N–H and O–H groups in total. The summed E-state index contributed by atoms with van der Waals surface area (Å²) >= 11 is 3.40. The molecule has 2 amide bonds. The number of halogens is 1. The highest BCUT2D eigenvalue weighted by atomic mass is 79.9. The molecule has 1 aliphatic rings. The van der Waals surface area contributed by atoms with Crippen LogP contribution >= 0.6 is 15.9 Å². The monoisotopic (exact) mass is 431 g/mol. The second-order valence-electron chi connectivity index (χ2n) is 6.57. The molecule has 7 nitrogen and oxygen atoms in total. The quantitative estimate of drug-likeness (QED) is 0.759. The molecule has 0 saturated carbocycles. The molecule has 0 radical (unpaired) electrons. The zero-order chi connectivity index (χ0) is 19.2. The van der Waals surface area contributed by atoms with Gasteiger partial charge < -0.3 is 15.5 Å². The van der Waals surface area contributed by atoms with Gasteiger partial charge in [0.15, 0.2) is 0 Å². The minimum absolute atomic E-state index is 0.0457. The third kappa shape index (κ3) is 5.26. The van der Waals surface area contributed by atoms with E-state index in [1.54, 1.807) is 18.6 Å². The van der Waals surface area contributed by atoms with Crippen molar-refractivity contribution in [2.24, 2.45) is 5.92 Å². The van der Waals surface area contributed by atoms with Crippen LogP contribution in [0.1, 0.15) is 18.4 Å². The normalized spacial score (nSPS) is 16.7. The molecule has 2 heterocycles. The van der Waals surface area contributed by atoms with Gasteiger partial charge in [-0.1, -0.05) is 15.9 Å². The number of aromatic nitrogens is 2. The number of carbonyl (C=O) groups is 2. The van der Waals surface area contributed by atoms with Crippen molar-refractivity contribution >= 4 is 39.2 Å². The standard InChI is InChI=1S/C19H22BrN5O2/c1-13-9-15(20)4-5-16(13)24-18(26)11-23-19(27)14-3-2-8-25(12-14)17-10-21-6-7-22-17/h4-7,9-10,14H,2-3,8,11-12H2,1H3,(H,23,27)(H,24,26). The Hall–Kier alpha value is -2.48. The molecule has 2 aromatic rings. The van der Waals surface area contributed by atoms with E-state index in [-0.39, 0.29) is 24.3 Å². The van der Waals surface area contributed by atoms with Crippen molar-refractivity contribution in [1.82, 2.24) is 15.3 Å². The highest BCUT2D eigenvalue weighted by Crippen LogP contribution is 2.21. The van der Waals surface area contributed by atoms with E-state index in [1.807, 2.05) is 25.1 Å². The first kappa shape index (κ1) is 19.3. The minimum Gasteiger partial charge on any atom is -0.355 e. The molecule has 1 atom stereocenters. The van der Waals surface area contributed by atoms with E-state index in [9.17, 15) is 9.59 Å². The number of anilines is 2. The molecule has 8 heteroatoms. The summed E-state index contributed by atoms with van der Waals surface area (Å²) < 4.78 is 0.955. The van der Waals surface area contributed by atoms with E-state index in [0.717, 1.165) is 40.9 Å². The van der Waals surface area contributed by atoms with Crippen LogP contribution in [0.15, 0.2) is 41.3 Å². The minimum atomic E-state index is -0.240. The van der Waals surface area contributed by atoms with Crippen molar-refractivity contribution in [2.45, 2.75) is 19.8 Å². The number of nitrogens with zero attached hydrogens (tertiary/aromatic N) is 3. The fourth-order valence-electron chi connectivity index (χ4n) is 3.13. The topological polar surface area (TPSA) is 87.2 Å². The first-order valence-corrected chi connectivity index (χ1v) is 9.67. The predicted molar refractivity (Wildman–Crippen MR) is 107 cm³/mol. The number of amides is 2. The molecule has 0 spiro atoms. The van der Waals surface area contributed by atoms with Crippen molar-refractivity contribution in [3.8, 4) is 0 Å². The summed E-state index contributed by atoms with van der Waals surface area (Å²) in [6.45, 7) is 3.31. The molecule has 0 aliphatic carbocycles. The Bertz CT molecular complexity index is 815. The molecule has 27 heavy (non-hydrogen) atoms. The van der Waals surface area contributed by atoms with Gasteiger partial charge in [-0.05, 0) is 43.5 Å². The molecule has 0 bridgehead atoms. The summed E-state index contributed by atoms with van der Waals surface area (Å²) in [4.78, 5) is 35.1. The fraction of sp³-hybridized carbons (Fsp3) is 0.368. The molecule has 142 valence electrons. The van der Waals surface area contributed by atoms with Crippen LogP contribution in [-0.2, 0) is 9.59 Å². The van der Waals surface area contributed by atoms with Crippen LogP contribution in [-0.4, -0.2) is 41.4 Å². The molecule has 3 rings (SSSR count). The second kappa shape index (κ2) is 8.94. The van der Waals surface area contributed by atoms with Crippen molar-refractivity contribution in [3.05, 3.63) is 46.8 Å². The van der Waals surface area contributed by atoms with Gasteiger partial charge in [-0.3, -0.25) is 14.6 Å². The SMILES string of the molecule is Cc1cc(Br)ccc1NC(=O)CNC(=O)C1CCCN(c2cnccn2)C1. The molecular formula is C19H22BrN5O2. The van der Waals surface area contributed by atoms with Gasteiger partial charge in [-0.15, -0.1) is 0 Å². The molecular weight excluding hydrogens is 410 g/mol. The van der Waals surface area contributed by atoms with Gasteiger partial charge in [0.1, 0.15) is 5.82 Å². The second-order valence-corrected chi connectivity index (χ2v) is 7.49. The number of carbonyl (C=O) groups excluding carboxylic acids is 2. The Labute approximate surface area is 166 Å². The molecule has 1 unspecified atom stereocenters. The highest BCUT2D eigenvalue weighted by molar-refractivity contribution is 9.10. The Morgan fingerprint density at radius 2 is 2.19 bits per heavy atom. The predicted octanol–water partition coefficient (Wildman–Crippen LogP) is 2.52. The summed E-state index contributed by atoms with van der Waals surface area (Å²) in [5, 5.41) is 5.58. The van der Waals surface area contributed by atoms with Crippen LogP contribution in [0.2, 0.25) is 0 Å². The summed E-state index contributed by atoms with van der Waals surface area (Å²) in [6.07, 6.45) is 6.68. The third-order valence-electron chi connectivity index (χ3n) is 4.55. The first-order chi connectivity index (χ1) is 13.0. The van der Waals surface area contributed by atoms with Crippen LogP contribution in [0, 0.1) is 12.8 Å². The lowest BCUT2D eigenvalue weighted by atomic mass is 9.97. The maximum absolute atomic E-state index is 12.5. The largest absolute Gasteiger partial charge is 0.355 e. The zero-order valence-electron chi connectivity index (χ0n) is 15.1. The van der Waals surface area contributed by atoms with Gasteiger partial charge in [0.25, 0.3) is 0 Å². The lowest BCUT2D eigenvalue weighted by Crippen LogP contribution is -2.45. The number of hydrogen-bond donors (Lipinski definition) is 2. The lowest BCUT2D eigenvalue weighted by molar-refractivity contribution is -0.127. The zero-order valence-corrected chi connectivity index (χ0v) is 16.7. The van der Waals surface area contributed by atoms with Crippen LogP contribution in [0.25, 0.3) is 0 Å². The van der Waals surface area contributed by atoms with Crippen molar-refractivity contribution in [3.63, 3.8) is 0 Å². The van der Waals surface area contributed by atoms with Crippen LogP contribution in [0.4, 0.5) is 11.5 Å². The fourth-order valence-corrected chi connectivity index (χ4v) is 3.60. The maximum Gasteiger partial charge on any atom is 0.243 e. The van der Waals surface area contributed by atoms with Gasteiger partial charge in [-0.2, -0.15) is 0 Å². The number of piperidine rings is 1. The lowest BCUT2D eigenvalue weighted by Gasteiger charge is -2.32. The smallest absolute Gasteiger partial charge is 0.243 e. The van der Waals surface area contributed by atoms with Crippen LogP contribution in [0.3, 0.4) is 0 Å². The van der Waals surface area contributed by atoms with Crippen molar-refractivity contribution in [1.29, 1.82) is 0 Å². The third-order valence-corrected chi connectivity index (χ3v) is 5.04. The molecule has 1 fully saturated rings. The van der Waals surface area contributed by atoms with E-state index >= 15 is 0 Å². The van der Waals surface area contributed by atoms with Gasteiger partial charge in [-0.25, -0.2) is 4.98 Å². The molecule has 1 aromatic carbocycles. The summed E-state index contributed by atoms with van der Waals surface area (Å²) in [7, 11) is 0. The Morgan fingerprint density at radius 1 is 1.33 bits per heavy atom. The van der Waals surface area contributed by atoms with E-state index in [2.05, 4.69) is 41.4 Å². The van der Waals surface area contributed by atoms with Gasteiger partial charge in [0, 0.05) is 35.6 Å². The van der Waals surface area contributed by atoms with E-state index in [0.29, 0.717) is 6.54 Å². The first-order valence-electron chi connectivity index (χ1n) is 8.87. The van der Waals surface area contributed by atoms with E-state index in [1.165, 1.54) is 0 Å². The van der Waals surface area contributed by atoms with E-state index < -0.39 is 0 Å². The average Bonchev–Trinajstić information content (AvgIpc) is 2.69. The summed E-state index contributed by atoms with van der Waals surface area (Å²) in [5.41, 5.74) is 1.69. The number of benzene rings is 1.